The predicted molar refractivity (Wildman–Crippen MR) is 137 cm³/mol. The molecule has 1 saturated carbocycles. The monoisotopic (exact) mass is 487 g/mol. The molecule has 1 aliphatic heterocycles. The number of benzene rings is 2. The van der Waals surface area contributed by atoms with Crippen LogP contribution in [0.1, 0.15) is 54.8 Å². The van der Waals surface area contributed by atoms with Crippen molar-refractivity contribution in [1.82, 2.24) is 14.9 Å². The maximum absolute atomic E-state index is 9.91. The van der Waals surface area contributed by atoms with Gasteiger partial charge in [-0.15, -0.1) is 0 Å². The molecule has 1 saturated heterocycles. The second-order valence-electron chi connectivity index (χ2n) is 9.78. The topological polar surface area (TPSA) is 99.8 Å². The fourth-order valence-corrected chi connectivity index (χ4v) is 5.01. The third kappa shape index (κ3) is 5.39. The molecule has 0 unspecified atom stereocenters. The lowest BCUT2D eigenvalue weighted by molar-refractivity contribution is 0.118. The van der Waals surface area contributed by atoms with Gasteiger partial charge in [-0.1, -0.05) is 48.2 Å². The van der Waals surface area contributed by atoms with E-state index >= 15 is 0 Å². The summed E-state index contributed by atoms with van der Waals surface area (Å²) in [4.78, 5) is 4.15. The van der Waals surface area contributed by atoms with Crippen molar-refractivity contribution in [3.63, 3.8) is 0 Å². The first-order valence-electron chi connectivity index (χ1n) is 12.6. The highest BCUT2D eigenvalue weighted by atomic mass is 16.5. The summed E-state index contributed by atoms with van der Waals surface area (Å²) >= 11 is 0. The third-order valence-electron chi connectivity index (χ3n) is 7.20. The smallest absolute Gasteiger partial charge is 0.138 e. The van der Waals surface area contributed by atoms with Crippen LogP contribution in [0.3, 0.4) is 0 Å². The molecule has 2 heterocycles. The van der Waals surface area contributed by atoms with Crippen LogP contribution in [0.5, 0.6) is 0 Å². The zero-order chi connectivity index (χ0) is 25.1. The molecule has 0 bridgehead atoms. The Morgan fingerprint density at radius 2 is 1.78 bits per heavy atom. The van der Waals surface area contributed by atoms with Crippen molar-refractivity contribution in [3.05, 3.63) is 77.9 Å². The first-order chi connectivity index (χ1) is 17.5. The number of aromatic nitrogens is 2. The van der Waals surface area contributed by atoms with E-state index in [0.29, 0.717) is 31.0 Å². The summed E-state index contributed by atoms with van der Waals surface area (Å²) in [7, 11) is 0. The molecule has 3 aromatic rings. The molecule has 5 rings (SSSR count). The summed E-state index contributed by atoms with van der Waals surface area (Å²) in [6.45, 7) is 2.51. The van der Waals surface area contributed by atoms with Crippen LogP contribution in [-0.2, 0) is 4.74 Å². The molecule has 188 valence electrons. The van der Waals surface area contributed by atoms with Gasteiger partial charge in [0, 0.05) is 24.0 Å². The fourth-order valence-electron chi connectivity index (χ4n) is 5.01. The highest BCUT2D eigenvalue weighted by Crippen LogP contribution is 2.38. The Kier molecular flexibility index (Phi) is 7.51. The molecule has 1 aliphatic carbocycles. The first-order valence-corrected chi connectivity index (χ1v) is 12.6. The normalized spacial score (nSPS) is 25.0. The first kappa shape index (κ1) is 24.7. The minimum absolute atomic E-state index is 0.0631. The van der Waals surface area contributed by atoms with Gasteiger partial charge in [0.15, 0.2) is 0 Å². The van der Waals surface area contributed by atoms with E-state index in [0.717, 1.165) is 29.5 Å². The second-order valence-corrected chi connectivity index (χ2v) is 9.78. The van der Waals surface area contributed by atoms with Crippen LogP contribution in [0, 0.1) is 11.8 Å². The average molecular weight is 488 g/mol. The summed E-state index contributed by atoms with van der Waals surface area (Å²) in [5, 5.41) is 33.1. The number of nitrogens with one attached hydrogen (secondary N) is 1. The minimum Gasteiger partial charge on any atom is -0.393 e. The minimum atomic E-state index is -0.732. The Balaban J connectivity index is 1.18. The number of hydrogen-bond acceptors (Lipinski definition) is 6. The lowest BCUT2D eigenvalue weighted by Gasteiger charge is -2.38. The standard InChI is InChI=1S/C29H33N3O4/c1-19(34)29-30-12-13-32(29)26(16-33)11-4-20-2-5-21(6-3-20)22-7-9-23(10-8-22)24-14-25(15-24)31-27-17-36-18-28(27)35/h2-3,5-10,12-13,19,24-28,31,33-35H,14-18H2,1H3/t19-,24?,25?,26-,27-,28-/m0/s1. The fraction of sp³-hybridized carbons (Fsp3) is 0.414. The number of rotatable bonds is 7. The van der Waals surface area contributed by atoms with Crippen LogP contribution in [0.25, 0.3) is 11.1 Å². The molecular weight excluding hydrogens is 454 g/mol. The van der Waals surface area contributed by atoms with E-state index in [1.54, 1.807) is 23.9 Å². The Morgan fingerprint density at radius 3 is 2.39 bits per heavy atom. The molecule has 7 heteroatoms. The van der Waals surface area contributed by atoms with Crippen molar-refractivity contribution in [2.45, 2.75) is 56.0 Å². The average Bonchev–Trinajstić information content (AvgIpc) is 3.51. The molecule has 36 heavy (non-hydrogen) atoms. The van der Waals surface area contributed by atoms with Crippen molar-refractivity contribution in [1.29, 1.82) is 0 Å². The largest absolute Gasteiger partial charge is 0.393 e. The number of imidazole rings is 1. The van der Waals surface area contributed by atoms with Crippen molar-refractivity contribution in [2.75, 3.05) is 19.8 Å². The van der Waals surface area contributed by atoms with E-state index in [-0.39, 0.29) is 12.6 Å². The summed E-state index contributed by atoms with van der Waals surface area (Å²) in [5.74, 6) is 7.26. The lowest BCUT2D eigenvalue weighted by Crippen LogP contribution is -2.49. The molecule has 0 radical (unpaired) electrons. The van der Waals surface area contributed by atoms with E-state index in [2.05, 4.69) is 58.5 Å². The Hall–Kier alpha value is -2.99. The van der Waals surface area contributed by atoms with E-state index in [1.165, 1.54) is 5.56 Å². The molecule has 2 fully saturated rings. The Morgan fingerprint density at radius 1 is 1.08 bits per heavy atom. The van der Waals surface area contributed by atoms with E-state index < -0.39 is 18.2 Å². The number of aliphatic hydroxyl groups is 3. The van der Waals surface area contributed by atoms with Gasteiger partial charge in [0.1, 0.15) is 18.0 Å². The maximum atomic E-state index is 9.91. The highest BCUT2D eigenvalue weighted by Gasteiger charge is 2.35. The molecular formula is C29H33N3O4. The summed E-state index contributed by atoms with van der Waals surface area (Å²) in [6, 6.07) is 16.9. The summed E-state index contributed by atoms with van der Waals surface area (Å²) in [6.07, 6.45) is 4.37. The Labute approximate surface area is 211 Å². The van der Waals surface area contributed by atoms with Crippen LogP contribution in [0.2, 0.25) is 0 Å². The molecule has 1 aromatic heterocycles. The van der Waals surface area contributed by atoms with Gasteiger partial charge >= 0.3 is 0 Å². The molecule has 4 atom stereocenters. The molecule has 0 amide bonds. The van der Waals surface area contributed by atoms with Gasteiger partial charge in [-0.05, 0) is 54.5 Å². The quantitative estimate of drug-likeness (QED) is 0.383. The number of hydrogen-bond donors (Lipinski definition) is 4. The molecule has 7 nitrogen and oxygen atoms in total. The van der Waals surface area contributed by atoms with Crippen LogP contribution >= 0.6 is 0 Å². The van der Waals surface area contributed by atoms with Gasteiger partial charge in [-0.3, -0.25) is 0 Å². The van der Waals surface area contributed by atoms with Crippen molar-refractivity contribution < 1.29 is 20.1 Å². The lowest BCUT2D eigenvalue weighted by atomic mass is 9.75. The zero-order valence-corrected chi connectivity index (χ0v) is 20.4. The van der Waals surface area contributed by atoms with Gasteiger partial charge in [0.25, 0.3) is 0 Å². The van der Waals surface area contributed by atoms with E-state index in [9.17, 15) is 15.3 Å². The maximum Gasteiger partial charge on any atom is 0.138 e. The molecule has 4 N–H and O–H groups in total. The second kappa shape index (κ2) is 11.0. The van der Waals surface area contributed by atoms with Gasteiger partial charge < -0.3 is 29.9 Å². The summed E-state index contributed by atoms with van der Waals surface area (Å²) < 4.78 is 7.04. The third-order valence-corrected chi connectivity index (χ3v) is 7.20. The number of aliphatic hydroxyl groups excluding tert-OH is 3. The van der Waals surface area contributed by atoms with Crippen molar-refractivity contribution in [2.24, 2.45) is 0 Å². The van der Waals surface area contributed by atoms with Crippen LogP contribution in [0.15, 0.2) is 60.9 Å². The van der Waals surface area contributed by atoms with Gasteiger partial charge in [-0.25, -0.2) is 4.98 Å². The highest BCUT2D eigenvalue weighted by molar-refractivity contribution is 5.64. The van der Waals surface area contributed by atoms with Gasteiger partial charge in [-0.2, -0.15) is 0 Å². The number of ether oxygens (including phenoxy) is 1. The van der Waals surface area contributed by atoms with Crippen molar-refractivity contribution in [3.8, 4) is 23.0 Å². The van der Waals surface area contributed by atoms with Crippen LogP contribution < -0.4 is 5.32 Å². The number of nitrogens with zero attached hydrogens (tertiary/aromatic N) is 2. The summed E-state index contributed by atoms with van der Waals surface area (Å²) in [5.41, 5.74) is 4.50. The SMILES string of the molecule is C[C@H](O)c1nccn1[C@@H](C#Cc1ccc(-c2ccc(C3CC(N[C@H]4COC[C@@H]4O)C3)cc2)cc1)CO. The molecule has 0 spiro atoms. The van der Waals surface area contributed by atoms with Crippen LogP contribution in [0.4, 0.5) is 0 Å². The van der Waals surface area contributed by atoms with Gasteiger partial charge in [0.05, 0.1) is 32.0 Å². The van der Waals surface area contributed by atoms with E-state index in [1.807, 2.05) is 12.1 Å². The Bertz CT molecular complexity index is 1200. The predicted octanol–water partition coefficient (Wildman–Crippen LogP) is 2.78. The van der Waals surface area contributed by atoms with E-state index in [4.69, 9.17) is 4.74 Å². The molecule has 2 aliphatic rings. The van der Waals surface area contributed by atoms with Crippen LogP contribution in [-0.4, -0.2) is 62.9 Å². The zero-order valence-electron chi connectivity index (χ0n) is 20.4. The molecule has 2 aromatic carbocycles. The van der Waals surface area contributed by atoms with Crippen molar-refractivity contribution >= 4 is 0 Å². The van der Waals surface area contributed by atoms with Gasteiger partial charge in [0.2, 0.25) is 0 Å².